The molecular weight excluding hydrogens is 216 g/mol. The molecule has 1 N–H and O–H groups in total. The van der Waals surface area contributed by atoms with Gasteiger partial charge in [-0.2, -0.15) is 0 Å². The van der Waals surface area contributed by atoms with Gasteiger partial charge in [-0.15, -0.1) is 0 Å². The maximum Gasteiger partial charge on any atom is 0.268 e. The van der Waals surface area contributed by atoms with Gasteiger partial charge in [0.2, 0.25) is 0 Å². The summed E-state index contributed by atoms with van der Waals surface area (Å²) < 4.78 is 2.04. The molecule has 2 aromatic rings. The topological polar surface area (TPSA) is 59.8 Å². The van der Waals surface area contributed by atoms with Crippen LogP contribution in [0.2, 0.25) is 0 Å². The molecule has 0 aromatic carbocycles. The van der Waals surface area contributed by atoms with Gasteiger partial charge in [0.25, 0.3) is 5.91 Å². The third kappa shape index (κ3) is 1.42. The number of nitrogens with zero attached hydrogens (tertiary/aromatic N) is 3. The Kier molecular flexibility index (Phi) is 2.14. The first-order valence-electron chi connectivity index (χ1n) is 5.77. The van der Waals surface area contributed by atoms with Crippen LogP contribution in [0.5, 0.6) is 0 Å². The molecule has 0 bridgehead atoms. The summed E-state index contributed by atoms with van der Waals surface area (Å²) in [5.74, 6) is 0.416. The highest BCUT2D eigenvalue weighted by molar-refractivity contribution is 5.98. The minimum Gasteiger partial charge on any atom is -0.349 e. The van der Waals surface area contributed by atoms with Crippen LogP contribution in [-0.4, -0.2) is 27.0 Å². The van der Waals surface area contributed by atoms with Crippen LogP contribution in [0, 0.1) is 5.92 Å². The molecule has 0 aliphatic carbocycles. The zero-order valence-corrected chi connectivity index (χ0v) is 9.84. The SMILES string of the molecule is CC(C)C1CNC(=O)c2cc3cncnc3n21. The van der Waals surface area contributed by atoms with Crippen LogP contribution in [0.1, 0.15) is 30.4 Å². The summed E-state index contributed by atoms with van der Waals surface area (Å²) in [6, 6.07) is 2.12. The summed E-state index contributed by atoms with van der Waals surface area (Å²) in [6.45, 7) is 4.97. The van der Waals surface area contributed by atoms with Gasteiger partial charge in [0.1, 0.15) is 17.7 Å². The molecular formula is C12H14N4O. The molecule has 88 valence electrons. The van der Waals surface area contributed by atoms with Crippen molar-refractivity contribution < 1.29 is 4.79 Å². The highest BCUT2D eigenvalue weighted by Gasteiger charge is 2.29. The van der Waals surface area contributed by atoms with E-state index in [0.29, 0.717) is 18.2 Å². The Bertz CT molecular complexity index is 587. The molecule has 1 amide bonds. The summed E-state index contributed by atoms with van der Waals surface area (Å²) in [5, 5.41) is 3.84. The molecule has 3 heterocycles. The summed E-state index contributed by atoms with van der Waals surface area (Å²) in [4.78, 5) is 20.1. The largest absolute Gasteiger partial charge is 0.349 e. The lowest BCUT2D eigenvalue weighted by Crippen LogP contribution is -2.40. The van der Waals surface area contributed by atoms with E-state index in [-0.39, 0.29) is 11.9 Å². The first-order valence-corrected chi connectivity index (χ1v) is 5.77. The van der Waals surface area contributed by atoms with E-state index in [2.05, 4.69) is 29.1 Å². The molecule has 5 heteroatoms. The molecule has 1 aliphatic heterocycles. The van der Waals surface area contributed by atoms with Crippen molar-refractivity contribution in [2.75, 3.05) is 6.54 Å². The molecule has 2 aromatic heterocycles. The molecule has 1 unspecified atom stereocenters. The average molecular weight is 230 g/mol. The van der Waals surface area contributed by atoms with E-state index < -0.39 is 0 Å². The molecule has 1 atom stereocenters. The zero-order valence-electron chi connectivity index (χ0n) is 9.84. The van der Waals surface area contributed by atoms with Crippen molar-refractivity contribution >= 4 is 16.9 Å². The van der Waals surface area contributed by atoms with Crippen molar-refractivity contribution in [3.8, 4) is 0 Å². The van der Waals surface area contributed by atoms with Crippen molar-refractivity contribution in [3.63, 3.8) is 0 Å². The van der Waals surface area contributed by atoms with Crippen molar-refractivity contribution in [1.82, 2.24) is 19.9 Å². The second-order valence-electron chi connectivity index (χ2n) is 4.72. The quantitative estimate of drug-likeness (QED) is 0.805. The first-order chi connectivity index (χ1) is 8.18. The Morgan fingerprint density at radius 2 is 2.35 bits per heavy atom. The number of aromatic nitrogens is 3. The van der Waals surface area contributed by atoms with Crippen LogP contribution in [0.15, 0.2) is 18.6 Å². The van der Waals surface area contributed by atoms with Crippen molar-refractivity contribution in [1.29, 1.82) is 0 Å². The van der Waals surface area contributed by atoms with Gasteiger partial charge < -0.3 is 9.88 Å². The van der Waals surface area contributed by atoms with Crippen LogP contribution >= 0.6 is 0 Å². The molecule has 0 saturated carbocycles. The summed E-state index contributed by atoms with van der Waals surface area (Å²) >= 11 is 0. The highest BCUT2D eigenvalue weighted by Crippen LogP contribution is 2.28. The molecule has 0 radical (unpaired) electrons. The number of fused-ring (bicyclic) bond motifs is 3. The van der Waals surface area contributed by atoms with Gasteiger partial charge in [-0.3, -0.25) is 4.79 Å². The minimum absolute atomic E-state index is 0.0279. The van der Waals surface area contributed by atoms with Crippen LogP contribution in [-0.2, 0) is 0 Å². The van der Waals surface area contributed by atoms with E-state index in [1.165, 1.54) is 6.33 Å². The van der Waals surface area contributed by atoms with Crippen LogP contribution in [0.3, 0.4) is 0 Å². The van der Waals surface area contributed by atoms with E-state index in [0.717, 1.165) is 11.0 Å². The Morgan fingerprint density at radius 3 is 3.12 bits per heavy atom. The van der Waals surface area contributed by atoms with Crippen molar-refractivity contribution in [2.45, 2.75) is 19.9 Å². The highest BCUT2D eigenvalue weighted by atomic mass is 16.2. The summed E-state index contributed by atoms with van der Waals surface area (Å²) in [5.41, 5.74) is 1.54. The normalized spacial score (nSPS) is 19.5. The molecule has 5 nitrogen and oxygen atoms in total. The fourth-order valence-electron chi connectivity index (χ4n) is 2.39. The summed E-state index contributed by atoms with van der Waals surface area (Å²) in [7, 11) is 0. The second kappa shape index (κ2) is 3.55. The van der Waals surface area contributed by atoms with Crippen molar-refractivity contribution in [2.24, 2.45) is 5.92 Å². The van der Waals surface area contributed by atoms with Gasteiger partial charge >= 0.3 is 0 Å². The second-order valence-corrected chi connectivity index (χ2v) is 4.72. The lowest BCUT2D eigenvalue weighted by Gasteiger charge is -2.29. The van der Waals surface area contributed by atoms with E-state index >= 15 is 0 Å². The Balaban J connectivity index is 2.30. The van der Waals surface area contributed by atoms with E-state index in [1.807, 2.05) is 10.6 Å². The number of hydrogen-bond acceptors (Lipinski definition) is 3. The lowest BCUT2D eigenvalue weighted by molar-refractivity contribution is 0.0907. The first kappa shape index (κ1) is 10.3. The van der Waals surface area contributed by atoms with Crippen LogP contribution in [0.4, 0.5) is 0 Å². The number of rotatable bonds is 1. The fourth-order valence-corrected chi connectivity index (χ4v) is 2.39. The molecule has 0 spiro atoms. The third-order valence-electron chi connectivity index (χ3n) is 3.30. The van der Waals surface area contributed by atoms with E-state index in [4.69, 9.17) is 0 Å². The fraction of sp³-hybridized carbons (Fsp3) is 0.417. The predicted octanol–water partition coefficient (Wildman–Crippen LogP) is 1.37. The van der Waals surface area contributed by atoms with Gasteiger partial charge in [-0.25, -0.2) is 9.97 Å². The molecule has 0 saturated heterocycles. The molecule has 3 rings (SSSR count). The number of carbonyl (C=O) groups excluding carboxylic acids is 1. The summed E-state index contributed by atoms with van der Waals surface area (Å²) in [6.07, 6.45) is 3.28. The van der Waals surface area contributed by atoms with E-state index in [1.54, 1.807) is 6.20 Å². The van der Waals surface area contributed by atoms with Crippen LogP contribution < -0.4 is 5.32 Å². The third-order valence-corrected chi connectivity index (χ3v) is 3.30. The predicted molar refractivity (Wildman–Crippen MR) is 63.7 cm³/mol. The lowest BCUT2D eigenvalue weighted by atomic mass is 10.0. The van der Waals surface area contributed by atoms with Gasteiger partial charge in [0, 0.05) is 18.1 Å². The van der Waals surface area contributed by atoms with Gasteiger partial charge in [-0.05, 0) is 12.0 Å². The Hall–Kier alpha value is -1.91. The van der Waals surface area contributed by atoms with Gasteiger partial charge in [0.15, 0.2) is 0 Å². The van der Waals surface area contributed by atoms with Gasteiger partial charge in [-0.1, -0.05) is 13.8 Å². The minimum atomic E-state index is -0.0279. The maximum atomic E-state index is 11.8. The molecule has 1 aliphatic rings. The number of hydrogen-bond donors (Lipinski definition) is 1. The number of carbonyl (C=O) groups is 1. The monoisotopic (exact) mass is 230 g/mol. The average Bonchev–Trinajstić information content (AvgIpc) is 2.69. The van der Waals surface area contributed by atoms with Crippen molar-refractivity contribution in [3.05, 3.63) is 24.3 Å². The smallest absolute Gasteiger partial charge is 0.268 e. The standard InChI is InChI=1S/C12H14N4O/c1-7(2)10-5-14-12(17)9-3-8-4-13-6-15-11(8)16(9)10/h3-4,6-7,10H,5H2,1-2H3,(H,14,17). The molecule has 0 fully saturated rings. The number of nitrogens with one attached hydrogen (secondary N) is 1. The zero-order chi connectivity index (χ0) is 12.0. The molecule has 17 heavy (non-hydrogen) atoms. The Morgan fingerprint density at radius 1 is 1.53 bits per heavy atom. The van der Waals surface area contributed by atoms with Crippen LogP contribution in [0.25, 0.3) is 11.0 Å². The van der Waals surface area contributed by atoms with E-state index in [9.17, 15) is 4.79 Å². The number of amides is 1. The Labute approximate surface area is 98.9 Å². The maximum absolute atomic E-state index is 11.8. The van der Waals surface area contributed by atoms with Gasteiger partial charge in [0.05, 0.1) is 6.04 Å².